The van der Waals surface area contributed by atoms with E-state index in [1.54, 1.807) is 0 Å². The Morgan fingerprint density at radius 3 is 3.29 bits per heavy atom. The van der Waals surface area contributed by atoms with E-state index in [1.165, 1.54) is 4.88 Å². The summed E-state index contributed by atoms with van der Waals surface area (Å²) in [5.74, 6) is 0.531. The maximum atomic E-state index is 5.67. The van der Waals surface area contributed by atoms with Crippen LogP contribution in [-0.2, 0) is 4.74 Å². The summed E-state index contributed by atoms with van der Waals surface area (Å²) < 4.78 is 5.67. The fourth-order valence-electron chi connectivity index (χ4n) is 2.76. The van der Waals surface area contributed by atoms with Crippen molar-refractivity contribution in [3.8, 4) is 0 Å². The number of thiazole rings is 1. The number of aryl methyl sites for hydroxylation is 1. The van der Waals surface area contributed by atoms with Gasteiger partial charge in [0.25, 0.3) is 0 Å². The Balaban J connectivity index is 1.85. The lowest BCUT2D eigenvalue weighted by Gasteiger charge is -2.37. The third-order valence-electron chi connectivity index (χ3n) is 3.69. The maximum absolute atomic E-state index is 5.67. The van der Waals surface area contributed by atoms with Gasteiger partial charge in [0.15, 0.2) is 0 Å². The predicted octanol–water partition coefficient (Wildman–Crippen LogP) is 0.839. The van der Waals surface area contributed by atoms with Crippen molar-refractivity contribution in [2.45, 2.75) is 18.9 Å². The fourth-order valence-corrected chi connectivity index (χ4v) is 3.70. The lowest BCUT2D eigenvalue weighted by molar-refractivity contribution is -0.0103. The molecule has 3 heterocycles. The first-order valence-electron chi connectivity index (χ1n) is 6.29. The Morgan fingerprint density at radius 2 is 2.47 bits per heavy atom. The molecule has 94 valence electrons. The van der Waals surface area contributed by atoms with Gasteiger partial charge in [-0.15, -0.1) is 11.3 Å². The van der Waals surface area contributed by atoms with Crippen molar-refractivity contribution in [1.82, 2.24) is 15.2 Å². The standard InChI is InChI=1S/C12H19N3OS/c1-9-14-7-12(17-9)10-6-13-2-3-15-4-5-16-8-11(10)15/h7,10-11,13H,2-6,8H2,1H3. The quantitative estimate of drug-likeness (QED) is 0.805. The number of fused-ring (bicyclic) bond motifs is 1. The van der Waals surface area contributed by atoms with Gasteiger partial charge in [-0.3, -0.25) is 4.90 Å². The second-order valence-corrected chi connectivity index (χ2v) is 6.04. The van der Waals surface area contributed by atoms with Crippen molar-refractivity contribution in [3.05, 3.63) is 16.1 Å². The lowest BCUT2D eigenvalue weighted by atomic mass is 9.97. The molecule has 2 aliphatic rings. The zero-order valence-electron chi connectivity index (χ0n) is 10.2. The summed E-state index contributed by atoms with van der Waals surface area (Å²) in [6, 6.07) is 0.526. The van der Waals surface area contributed by atoms with Gasteiger partial charge in [0.2, 0.25) is 0 Å². The third-order valence-corrected chi connectivity index (χ3v) is 4.73. The van der Waals surface area contributed by atoms with Crippen LogP contribution in [0, 0.1) is 6.92 Å². The molecule has 0 aliphatic carbocycles. The Labute approximate surface area is 106 Å². The first kappa shape index (κ1) is 11.6. The van der Waals surface area contributed by atoms with E-state index >= 15 is 0 Å². The molecule has 2 aliphatic heterocycles. The number of hydrogen-bond donors (Lipinski definition) is 1. The smallest absolute Gasteiger partial charge is 0.0896 e. The molecule has 4 nitrogen and oxygen atoms in total. The summed E-state index contributed by atoms with van der Waals surface area (Å²) in [6.07, 6.45) is 2.05. The molecule has 1 aromatic rings. The van der Waals surface area contributed by atoms with Crippen LogP contribution in [0.3, 0.4) is 0 Å². The SMILES string of the molecule is Cc1ncc(C2CNCCN3CCOCC23)s1. The van der Waals surface area contributed by atoms with Gasteiger partial charge in [-0.05, 0) is 6.92 Å². The van der Waals surface area contributed by atoms with Crippen LogP contribution in [0.5, 0.6) is 0 Å². The van der Waals surface area contributed by atoms with Gasteiger partial charge in [-0.1, -0.05) is 0 Å². The van der Waals surface area contributed by atoms with Crippen molar-refractivity contribution in [2.75, 3.05) is 39.4 Å². The first-order chi connectivity index (χ1) is 8.34. The average Bonchev–Trinajstić information content (AvgIpc) is 2.66. The van der Waals surface area contributed by atoms with Crippen LogP contribution in [0.2, 0.25) is 0 Å². The zero-order valence-corrected chi connectivity index (χ0v) is 11.0. The minimum absolute atomic E-state index is 0.526. The summed E-state index contributed by atoms with van der Waals surface area (Å²) in [7, 11) is 0. The van der Waals surface area contributed by atoms with E-state index in [-0.39, 0.29) is 0 Å². The molecule has 0 aromatic carbocycles. The Bertz CT molecular complexity index is 382. The third kappa shape index (κ3) is 2.38. The highest BCUT2D eigenvalue weighted by Crippen LogP contribution is 2.30. The fraction of sp³-hybridized carbons (Fsp3) is 0.750. The van der Waals surface area contributed by atoms with Crippen molar-refractivity contribution in [2.24, 2.45) is 0 Å². The van der Waals surface area contributed by atoms with Crippen molar-refractivity contribution >= 4 is 11.3 Å². The summed E-state index contributed by atoms with van der Waals surface area (Å²) in [4.78, 5) is 8.36. The average molecular weight is 253 g/mol. The van der Waals surface area contributed by atoms with Crippen LogP contribution >= 0.6 is 11.3 Å². The first-order valence-corrected chi connectivity index (χ1v) is 7.11. The van der Waals surface area contributed by atoms with Gasteiger partial charge in [0.1, 0.15) is 0 Å². The molecule has 3 rings (SSSR count). The molecule has 0 bridgehead atoms. The number of nitrogens with one attached hydrogen (secondary N) is 1. The number of ether oxygens (including phenoxy) is 1. The molecule has 17 heavy (non-hydrogen) atoms. The lowest BCUT2D eigenvalue weighted by Crippen LogP contribution is -2.48. The molecule has 2 saturated heterocycles. The number of rotatable bonds is 1. The molecule has 1 aromatic heterocycles. The Kier molecular flexibility index (Phi) is 3.42. The van der Waals surface area contributed by atoms with Crippen molar-refractivity contribution < 1.29 is 4.74 Å². The van der Waals surface area contributed by atoms with E-state index in [9.17, 15) is 0 Å². The minimum Gasteiger partial charge on any atom is -0.378 e. The highest BCUT2D eigenvalue weighted by molar-refractivity contribution is 7.11. The van der Waals surface area contributed by atoms with Gasteiger partial charge >= 0.3 is 0 Å². The summed E-state index contributed by atoms with van der Waals surface area (Å²) in [5, 5.41) is 4.70. The number of nitrogens with zero attached hydrogens (tertiary/aromatic N) is 2. The van der Waals surface area contributed by atoms with Crippen molar-refractivity contribution in [3.63, 3.8) is 0 Å². The second kappa shape index (κ2) is 5.02. The topological polar surface area (TPSA) is 37.4 Å². The van der Waals surface area contributed by atoms with Crippen LogP contribution in [0.1, 0.15) is 15.8 Å². The molecular weight excluding hydrogens is 234 g/mol. The minimum atomic E-state index is 0.526. The van der Waals surface area contributed by atoms with Crippen molar-refractivity contribution in [1.29, 1.82) is 0 Å². The molecule has 0 radical (unpaired) electrons. The number of aromatic nitrogens is 1. The monoisotopic (exact) mass is 253 g/mol. The van der Waals surface area contributed by atoms with Crippen LogP contribution in [0.4, 0.5) is 0 Å². The van der Waals surface area contributed by atoms with Crippen LogP contribution in [-0.4, -0.2) is 55.3 Å². The largest absolute Gasteiger partial charge is 0.378 e. The summed E-state index contributed by atoms with van der Waals surface area (Å²) in [6.45, 7) is 8.17. The molecular formula is C12H19N3OS. The van der Waals surface area contributed by atoms with Crippen LogP contribution in [0.25, 0.3) is 0 Å². The maximum Gasteiger partial charge on any atom is 0.0896 e. The molecule has 0 spiro atoms. The van der Waals surface area contributed by atoms with E-state index in [2.05, 4.69) is 22.1 Å². The molecule has 0 saturated carbocycles. The predicted molar refractivity (Wildman–Crippen MR) is 68.6 cm³/mol. The van der Waals surface area contributed by atoms with Gasteiger partial charge in [0, 0.05) is 49.2 Å². The van der Waals surface area contributed by atoms with E-state index in [4.69, 9.17) is 4.74 Å². The zero-order chi connectivity index (χ0) is 11.7. The van der Waals surface area contributed by atoms with Crippen LogP contribution < -0.4 is 5.32 Å². The van der Waals surface area contributed by atoms with E-state index < -0.39 is 0 Å². The molecule has 5 heteroatoms. The van der Waals surface area contributed by atoms with Gasteiger partial charge in [0.05, 0.1) is 18.2 Å². The molecule has 1 N–H and O–H groups in total. The normalized spacial score (nSPS) is 30.9. The second-order valence-electron chi connectivity index (χ2n) is 4.77. The number of morpholine rings is 1. The highest BCUT2D eigenvalue weighted by atomic mass is 32.1. The summed E-state index contributed by atoms with van der Waals surface area (Å²) >= 11 is 1.83. The number of hydrogen-bond acceptors (Lipinski definition) is 5. The van der Waals surface area contributed by atoms with Gasteiger partial charge in [-0.2, -0.15) is 0 Å². The van der Waals surface area contributed by atoms with E-state index in [1.807, 2.05) is 17.5 Å². The Hall–Kier alpha value is -0.490. The highest BCUT2D eigenvalue weighted by Gasteiger charge is 2.33. The van der Waals surface area contributed by atoms with Gasteiger partial charge < -0.3 is 10.1 Å². The molecule has 2 unspecified atom stereocenters. The molecule has 2 fully saturated rings. The van der Waals surface area contributed by atoms with E-state index in [0.717, 1.165) is 44.4 Å². The Morgan fingerprint density at radius 1 is 1.53 bits per heavy atom. The van der Waals surface area contributed by atoms with Crippen LogP contribution in [0.15, 0.2) is 6.20 Å². The summed E-state index contributed by atoms with van der Waals surface area (Å²) in [5.41, 5.74) is 0. The van der Waals surface area contributed by atoms with Gasteiger partial charge in [-0.25, -0.2) is 4.98 Å². The molecule has 2 atom stereocenters. The molecule has 0 amide bonds. The van der Waals surface area contributed by atoms with E-state index in [0.29, 0.717) is 12.0 Å².